The highest BCUT2D eigenvalue weighted by atomic mass is 16.2. The summed E-state index contributed by atoms with van der Waals surface area (Å²) in [6.45, 7) is 0.636. The Morgan fingerprint density at radius 2 is 1.81 bits per heavy atom. The van der Waals surface area contributed by atoms with Crippen LogP contribution in [0.1, 0.15) is 5.56 Å². The number of amides is 1. The molecule has 0 atom stereocenters. The molecule has 0 fully saturated rings. The molecule has 0 radical (unpaired) electrons. The van der Waals surface area contributed by atoms with Crippen molar-refractivity contribution in [2.24, 2.45) is 0 Å². The van der Waals surface area contributed by atoms with Gasteiger partial charge in [-0.1, -0.05) is 47.7 Å². The third kappa shape index (κ3) is 2.76. The van der Waals surface area contributed by atoms with E-state index in [9.17, 15) is 4.79 Å². The third-order valence-electron chi connectivity index (χ3n) is 3.44. The van der Waals surface area contributed by atoms with E-state index in [2.05, 4.69) is 22.4 Å². The number of para-hydroxylation sites is 1. The van der Waals surface area contributed by atoms with E-state index < -0.39 is 0 Å². The average Bonchev–Trinajstić information content (AvgIpc) is 2.97. The molecule has 0 saturated carbocycles. The number of benzene rings is 2. The number of hydrogen-bond acceptors (Lipinski definition) is 3. The lowest BCUT2D eigenvalue weighted by Gasteiger charge is -2.16. The Bertz CT molecular complexity index is 751. The molecule has 0 saturated heterocycles. The van der Waals surface area contributed by atoms with Crippen LogP contribution in [0.25, 0.3) is 11.0 Å². The van der Waals surface area contributed by atoms with Gasteiger partial charge in [-0.25, -0.2) is 4.79 Å². The quantitative estimate of drug-likeness (QED) is 0.741. The molecule has 2 aromatic carbocycles. The summed E-state index contributed by atoms with van der Waals surface area (Å²) in [5.41, 5.74) is 2.66. The van der Waals surface area contributed by atoms with Gasteiger partial charge in [-0.15, -0.1) is 5.10 Å². The van der Waals surface area contributed by atoms with Gasteiger partial charge in [0.2, 0.25) is 0 Å². The molecule has 1 heterocycles. The van der Waals surface area contributed by atoms with Gasteiger partial charge in [0, 0.05) is 13.6 Å². The zero-order valence-electron chi connectivity index (χ0n) is 11.8. The van der Waals surface area contributed by atoms with Gasteiger partial charge in [0.05, 0.1) is 5.52 Å². The van der Waals surface area contributed by atoms with E-state index in [1.165, 1.54) is 10.2 Å². The van der Waals surface area contributed by atoms with Gasteiger partial charge >= 0.3 is 6.03 Å². The number of fused-ring (bicyclic) bond motifs is 1. The van der Waals surface area contributed by atoms with Crippen LogP contribution < -0.4 is 0 Å². The SMILES string of the molecule is CN(CCc1ccccc1)C(=O)n1nnc2ccccc21. The van der Waals surface area contributed by atoms with E-state index in [4.69, 9.17) is 0 Å². The molecule has 3 rings (SSSR count). The van der Waals surface area contributed by atoms with E-state index in [1.807, 2.05) is 42.5 Å². The predicted octanol–water partition coefficient (Wildman–Crippen LogP) is 2.57. The van der Waals surface area contributed by atoms with E-state index in [0.717, 1.165) is 17.5 Å². The van der Waals surface area contributed by atoms with Gasteiger partial charge in [0.25, 0.3) is 0 Å². The van der Waals surface area contributed by atoms with Crippen LogP contribution in [0.4, 0.5) is 4.79 Å². The maximum atomic E-state index is 12.4. The van der Waals surface area contributed by atoms with E-state index in [0.29, 0.717) is 6.54 Å². The number of likely N-dealkylation sites (N-methyl/N-ethyl adjacent to an activating group) is 1. The molecule has 3 aromatic rings. The van der Waals surface area contributed by atoms with Crippen molar-refractivity contribution in [3.05, 3.63) is 60.2 Å². The largest absolute Gasteiger partial charge is 0.346 e. The second kappa shape index (κ2) is 5.75. The molecule has 0 aliphatic heterocycles. The normalized spacial score (nSPS) is 10.7. The zero-order valence-corrected chi connectivity index (χ0v) is 11.8. The summed E-state index contributed by atoms with van der Waals surface area (Å²) in [5.74, 6) is 0. The first-order valence-corrected chi connectivity index (χ1v) is 6.85. The van der Waals surface area contributed by atoms with Crippen LogP contribution in [0.5, 0.6) is 0 Å². The second-order valence-electron chi connectivity index (χ2n) is 4.93. The highest BCUT2D eigenvalue weighted by molar-refractivity contribution is 5.87. The van der Waals surface area contributed by atoms with Gasteiger partial charge in [-0.2, -0.15) is 4.68 Å². The van der Waals surface area contributed by atoms with Crippen LogP contribution in [0.3, 0.4) is 0 Å². The first kappa shape index (κ1) is 13.3. The highest BCUT2D eigenvalue weighted by Gasteiger charge is 2.15. The summed E-state index contributed by atoms with van der Waals surface area (Å²) >= 11 is 0. The topological polar surface area (TPSA) is 51.0 Å². The van der Waals surface area contributed by atoms with Crippen molar-refractivity contribution in [3.8, 4) is 0 Å². The fraction of sp³-hybridized carbons (Fsp3) is 0.188. The van der Waals surface area contributed by atoms with Crippen molar-refractivity contribution in [1.82, 2.24) is 19.9 Å². The number of carbonyl (C=O) groups is 1. The van der Waals surface area contributed by atoms with Crippen molar-refractivity contribution in [3.63, 3.8) is 0 Å². The van der Waals surface area contributed by atoms with Gasteiger partial charge in [0.1, 0.15) is 5.52 Å². The van der Waals surface area contributed by atoms with Crippen molar-refractivity contribution in [2.45, 2.75) is 6.42 Å². The lowest BCUT2D eigenvalue weighted by atomic mass is 10.1. The minimum absolute atomic E-state index is 0.167. The van der Waals surface area contributed by atoms with Crippen molar-refractivity contribution in [2.75, 3.05) is 13.6 Å². The molecule has 0 bridgehead atoms. The van der Waals surface area contributed by atoms with E-state index in [-0.39, 0.29) is 6.03 Å². The molecule has 0 unspecified atom stereocenters. The summed E-state index contributed by atoms with van der Waals surface area (Å²) in [7, 11) is 1.78. The fourth-order valence-corrected chi connectivity index (χ4v) is 2.21. The molecule has 106 valence electrons. The second-order valence-corrected chi connectivity index (χ2v) is 4.93. The van der Waals surface area contributed by atoms with Gasteiger partial charge in [-0.3, -0.25) is 0 Å². The Labute approximate surface area is 122 Å². The molecule has 0 aliphatic rings. The fourth-order valence-electron chi connectivity index (χ4n) is 2.21. The number of rotatable bonds is 3. The highest BCUT2D eigenvalue weighted by Crippen LogP contribution is 2.10. The molecular weight excluding hydrogens is 264 g/mol. The molecule has 0 aliphatic carbocycles. The van der Waals surface area contributed by atoms with Gasteiger partial charge in [0.15, 0.2) is 0 Å². The van der Waals surface area contributed by atoms with E-state index in [1.54, 1.807) is 11.9 Å². The van der Waals surface area contributed by atoms with Gasteiger partial charge in [-0.05, 0) is 24.1 Å². The average molecular weight is 280 g/mol. The standard InChI is InChI=1S/C16H16N4O/c1-19(12-11-13-7-3-2-4-8-13)16(21)20-15-10-6-5-9-14(15)17-18-20/h2-10H,11-12H2,1H3. The third-order valence-corrected chi connectivity index (χ3v) is 3.44. The molecule has 1 aromatic heterocycles. The monoisotopic (exact) mass is 280 g/mol. The Kier molecular flexibility index (Phi) is 3.64. The molecule has 5 heteroatoms. The van der Waals surface area contributed by atoms with Crippen LogP contribution >= 0.6 is 0 Å². The van der Waals surface area contributed by atoms with Crippen molar-refractivity contribution >= 4 is 17.1 Å². The van der Waals surface area contributed by atoms with E-state index >= 15 is 0 Å². The maximum Gasteiger partial charge on any atom is 0.346 e. The number of nitrogens with zero attached hydrogens (tertiary/aromatic N) is 4. The Morgan fingerprint density at radius 3 is 2.62 bits per heavy atom. The number of hydrogen-bond donors (Lipinski definition) is 0. The first-order chi connectivity index (χ1) is 10.3. The lowest BCUT2D eigenvalue weighted by Crippen LogP contribution is -2.33. The van der Waals surface area contributed by atoms with Crippen LogP contribution in [-0.2, 0) is 6.42 Å². The van der Waals surface area contributed by atoms with Crippen LogP contribution in [-0.4, -0.2) is 39.5 Å². The summed E-state index contributed by atoms with van der Waals surface area (Å²) in [6.07, 6.45) is 0.815. The molecule has 21 heavy (non-hydrogen) atoms. The summed E-state index contributed by atoms with van der Waals surface area (Å²) < 4.78 is 1.35. The molecule has 0 spiro atoms. The first-order valence-electron chi connectivity index (χ1n) is 6.85. The smallest absolute Gasteiger partial charge is 0.326 e. The Balaban J connectivity index is 1.72. The Morgan fingerprint density at radius 1 is 1.10 bits per heavy atom. The molecule has 0 N–H and O–H groups in total. The van der Waals surface area contributed by atoms with Crippen molar-refractivity contribution in [1.29, 1.82) is 0 Å². The summed E-state index contributed by atoms with van der Waals surface area (Å²) in [6, 6.07) is 17.4. The predicted molar refractivity (Wildman–Crippen MR) is 81.1 cm³/mol. The minimum Gasteiger partial charge on any atom is -0.326 e. The Hall–Kier alpha value is -2.69. The van der Waals surface area contributed by atoms with Crippen LogP contribution in [0.2, 0.25) is 0 Å². The molecular formula is C16H16N4O. The zero-order chi connectivity index (χ0) is 14.7. The maximum absolute atomic E-state index is 12.4. The molecule has 1 amide bonds. The van der Waals surface area contributed by atoms with Gasteiger partial charge < -0.3 is 4.90 Å². The number of carbonyl (C=O) groups excluding carboxylic acids is 1. The van der Waals surface area contributed by atoms with Crippen LogP contribution in [0, 0.1) is 0 Å². The lowest BCUT2D eigenvalue weighted by molar-refractivity contribution is 0.208. The number of aromatic nitrogens is 3. The molecule has 5 nitrogen and oxygen atoms in total. The minimum atomic E-state index is -0.167. The summed E-state index contributed by atoms with van der Waals surface area (Å²) in [5, 5.41) is 7.95. The van der Waals surface area contributed by atoms with Crippen molar-refractivity contribution < 1.29 is 4.79 Å². The summed E-state index contributed by atoms with van der Waals surface area (Å²) in [4.78, 5) is 14.1. The van der Waals surface area contributed by atoms with Crippen LogP contribution in [0.15, 0.2) is 54.6 Å².